The van der Waals surface area contributed by atoms with Crippen LogP contribution in [-0.4, -0.2) is 42.3 Å². The van der Waals surface area contributed by atoms with Gasteiger partial charge in [0.1, 0.15) is 11.6 Å². The number of halogens is 1. The Hall–Kier alpha value is -1.82. The number of nitrogens with zero attached hydrogens (tertiary/aromatic N) is 1. The third-order valence-corrected chi connectivity index (χ3v) is 2.98. The zero-order chi connectivity index (χ0) is 16.2. The molecule has 1 rings (SSSR count). The summed E-state index contributed by atoms with van der Waals surface area (Å²) in [6, 6.07) is 3.56. The first-order valence-corrected chi connectivity index (χ1v) is 6.72. The van der Waals surface area contributed by atoms with E-state index in [0.29, 0.717) is 11.3 Å². The van der Waals surface area contributed by atoms with Crippen LogP contribution in [0, 0.1) is 5.82 Å². The average molecular weight is 298 g/mol. The molecule has 2 amide bonds. The molecule has 0 aliphatic rings. The highest BCUT2D eigenvalue weighted by atomic mass is 19.1. The van der Waals surface area contributed by atoms with Crippen molar-refractivity contribution in [1.29, 1.82) is 0 Å². The minimum Gasteiger partial charge on any atom is -0.496 e. The molecule has 1 aromatic carbocycles. The van der Waals surface area contributed by atoms with E-state index in [1.165, 1.54) is 18.1 Å². The van der Waals surface area contributed by atoms with E-state index in [2.05, 4.69) is 5.32 Å². The summed E-state index contributed by atoms with van der Waals surface area (Å²) in [7, 11) is 3.02. The second kappa shape index (κ2) is 6.76. The van der Waals surface area contributed by atoms with Gasteiger partial charge in [0.2, 0.25) is 0 Å². The number of ether oxygens (including phenoxy) is 1. The first-order valence-electron chi connectivity index (χ1n) is 6.72. The molecule has 5 nitrogen and oxygen atoms in total. The van der Waals surface area contributed by atoms with Crippen LogP contribution in [0.5, 0.6) is 5.75 Å². The van der Waals surface area contributed by atoms with E-state index in [1.54, 1.807) is 40.0 Å². The molecule has 0 aromatic heterocycles. The summed E-state index contributed by atoms with van der Waals surface area (Å²) >= 11 is 0. The van der Waals surface area contributed by atoms with Crippen LogP contribution in [-0.2, 0) is 0 Å². The first kappa shape index (κ1) is 17.2. The number of hydrogen-bond donors (Lipinski definition) is 2. The number of urea groups is 1. The molecule has 0 aliphatic carbocycles. The largest absolute Gasteiger partial charge is 0.496 e. The number of likely N-dealkylation sites (N-methyl/N-ethyl adjacent to an activating group) is 1. The van der Waals surface area contributed by atoms with Crippen LogP contribution < -0.4 is 10.1 Å². The standard InChI is InChI=1S/C15H23FN2O3/c1-10(13-11(16)7-6-8-12(13)21-5)17-14(19)18(4)9-15(2,3)20/h6-8,10,20H,9H2,1-5H3,(H,17,19). The zero-order valence-electron chi connectivity index (χ0n) is 13.1. The van der Waals surface area contributed by atoms with Gasteiger partial charge in [-0.2, -0.15) is 0 Å². The van der Waals surface area contributed by atoms with Gasteiger partial charge in [0.15, 0.2) is 0 Å². The van der Waals surface area contributed by atoms with Gasteiger partial charge in [0.25, 0.3) is 0 Å². The Morgan fingerprint density at radius 3 is 2.67 bits per heavy atom. The van der Waals surface area contributed by atoms with Crippen LogP contribution in [0.4, 0.5) is 9.18 Å². The summed E-state index contributed by atoms with van der Waals surface area (Å²) in [5.74, 6) is -0.0553. The smallest absolute Gasteiger partial charge is 0.317 e. The predicted octanol–water partition coefficient (Wildman–Crippen LogP) is 2.31. The van der Waals surface area contributed by atoms with E-state index >= 15 is 0 Å². The van der Waals surface area contributed by atoms with Crippen molar-refractivity contribution in [1.82, 2.24) is 10.2 Å². The minimum absolute atomic E-state index is 0.167. The van der Waals surface area contributed by atoms with Crippen molar-refractivity contribution < 1.29 is 19.0 Å². The molecule has 6 heteroatoms. The van der Waals surface area contributed by atoms with Crippen LogP contribution in [0.25, 0.3) is 0 Å². The molecule has 0 radical (unpaired) electrons. The lowest BCUT2D eigenvalue weighted by Gasteiger charge is -2.27. The molecule has 2 N–H and O–H groups in total. The maximum atomic E-state index is 13.9. The number of methoxy groups -OCH3 is 1. The Bertz CT molecular complexity index is 500. The van der Waals surface area contributed by atoms with Gasteiger partial charge in [0, 0.05) is 7.05 Å². The molecule has 21 heavy (non-hydrogen) atoms. The second-order valence-corrected chi connectivity index (χ2v) is 5.70. The van der Waals surface area contributed by atoms with Gasteiger partial charge in [-0.25, -0.2) is 9.18 Å². The highest BCUT2D eigenvalue weighted by Gasteiger charge is 2.23. The maximum Gasteiger partial charge on any atom is 0.317 e. The number of hydrogen-bond acceptors (Lipinski definition) is 3. The van der Waals surface area contributed by atoms with Crippen LogP contribution in [0.2, 0.25) is 0 Å². The number of nitrogens with one attached hydrogen (secondary N) is 1. The van der Waals surface area contributed by atoms with E-state index in [9.17, 15) is 14.3 Å². The molecular formula is C15H23FN2O3. The van der Waals surface area contributed by atoms with Gasteiger partial charge in [-0.3, -0.25) is 0 Å². The lowest BCUT2D eigenvalue weighted by molar-refractivity contribution is 0.0528. The van der Waals surface area contributed by atoms with Gasteiger partial charge >= 0.3 is 6.03 Å². The van der Waals surface area contributed by atoms with Gasteiger partial charge in [-0.1, -0.05) is 6.07 Å². The number of rotatable bonds is 5. The first-order chi connectivity index (χ1) is 9.65. The predicted molar refractivity (Wildman–Crippen MR) is 78.8 cm³/mol. The summed E-state index contributed by atoms with van der Waals surface area (Å²) in [6.45, 7) is 5.07. The van der Waals surface area contributed by atoms with Crippen molar-refractivity contribution in [3.05, 3.63) is 29.6 Å². The van der Waals surface area contributed by atoms with Gasteiger partial charge in [-0.15, -0.1) is 0 Å². The summed E-state index contributed by atoms with van der Waals surface area (Å²) in [4.78, 5) is 13.4. The molecule has 1 atom stereocenters. The highest BCUT2D eigenvalue weighted by molar-refractivity contribution is 5.74. The third-order valence-electron chi connectivity index (χ3n) is 2.98. The van der Waals surface area contributed by atoms with Crippen molar-refractivity contribution >= 4 is 6.03 Å². The Morgan fingerprint density at radius 2 is 2.14 bits per heavy atom. The Labute approximate surface area is 124 Å². The Kier molecular flexibility index (Phi) is 5.54. The van der Waals surface area contributed by atoms with Gasteiger partial charge < -0.3 is 20.1 Å². The van der Waals surface area contributed by atoms with Crippen molar-refractivity contribution in [2.24, 2.45) is 0 Å². The summed E-state index contributed by atoms with van der Waals surface area (Å²) in [6.07, 6.45) is 0. The average Bonchev–Trinajstić information content (AvgIpc) is 2.35. The number of carbonyl (C=O) groups is 1. The highest BCUT2D eigenvalue weighted by Crippen LogP contribution is 2.27. The van der Waals surface area contributed by atoms with Crippen LogP contribution in [0.3, 0.4) is 0 Å². The van der Waals surface area contributed by atoms with Crippen molar-refractivity contribution in [3.8, 4) is 5.75 Å². The van der Waals surface area contributed by atoms with Crippen molar-refractivity contribution in [3.63, 3.8) is 0 Å². The van der Waals surface area contributed by atoms with Crippen LogP contribution >= 0.6 is 0 Å². The molecule has 0 saturated heterocycles. The van der Waals surface area contributed by atoms with E-state index in [0.717, 1.165) is 0 Å². The van der Waals surface area contributed by atoms with Crippen LogP contribution in [0.15, 0.2) is 18.2 Å². The molecule has 0 aliphatic heterocycles. The Morgan fingerprint density at radius 1 is 1.52 bits per heavy atom. The normalized spacial score (nSPS) is 12.7. The molecule has 1 unspecified atom stereocenters. The fraction of sp³-hybridized carbons (Fsp3) is 0.533. The molecule has 0 bridgehead atoms. The van der Waals surface area contributed by atoms with Crippen molar-refractivity contribution in [2.75, 3.05) is 20.7 Å². The molecule has 0 heterocycles. The fourth-order valence-electron chi connectivity index (χ4n) is 2.14. The van der Waals surface area contributed by atoms with E-state index in [1.807, 2.05) is 0 Å². The lowest BCUT2D eigenvalue weighted by atomic mass is 10.1. The summed E-state index contributed by atoms with van der Waals surface area (Å²) in [5, 5.41) is 12.4. The Balaban J connectivity index is 2.82. The topological polar surface area (TPSA) is 61.8 Å². The molecule has 1 aromatic rings. The SMILES string of the molecule is COc1cccc(F)c1C(C)NC(=O)N(C)CC(C)(C)O. The second-order valence-electron chi connectivity index (χ2n) is 5.70. The zero-order valence-corrected chi connectivity index (χ0v) is 13.1. The van der Waals surface area contributed by atoms with E-state index in [-0.39, 0.29) is 6.54 Å². The number of aliphatic hydroxyl groups is 1. The monoisotopic (exact) mass is 298 g/mol. The van der Waals surface area contributed by atoms with Gasteiger partial charge in [-0.05, 0) is 32.9 Å². The lowest BCUT2D eigenvalue weighted by Crippen LogP contribution is -2.45. The molecule has 0 spiro atoms. The molecule has 118 valence electrons. The van der Waals surface area contributed by atoms with E-state index in [4.69, 9.17) is 4.74 Å². The fourth-order valence-corrected chi connectivity index (χ4v) is 2.14. The summed E-state index contributed by atoms with van der Waals surface area (Å²) in [5.41, 5.74) is -0.699. The van der Waals surface area contributed by atoms with Crippen molar-refractivity contribution in [2.45, 2.75) is 32.4 Å². The molecular weight excluding hydrogens is 275 g/mol. The minimum atomic E-state index is -0.995. The quantitative estimate of drug-likeness (QED) is 0.877. The molecule has 0 saturated carbocycles. The maximum absolute atomic E-state index is 13.9. The molecule has 0 fully saturated rings. The van der Waals surface area contributed by atoms with Crippen LogP contribution in [0.1, 0.15) is 32.4 Å². The summed E-state index contributed by atoms with van der Waals surface area (Å²) < 4.78 is 19.1. The van der Waals surface area contributed by atoms with E-state index < -0.39 is 23.5 Å². The van der Waals surface area contributed by atoms with Gasteiger partial charge in [0.05, 0.1) is 30.9 Å². The number of benzene rings is 1. The third kappa shape index (κ3) is 4.90. The number of carbonyl (C=O) groups excluding carboxylic acids is 1. The number of amides is 2.